The number of esters is 2. The molecular formula is C15H26N2O5. The van der Waals surface area contributed by atoms with Crippen LogP contribution in [0.15, 0.2) is 12.2 Å². The zero-order valence-electron chi connectivity index (χ0n) is 13.7. The van der Waals surface area contributed by atoms with Crippen LogP contribution in [0, 0.1) is 0 Å². The van der Waals surface area contributed by atoms with Crippen molar-refractivity contribution in [2.45, 2.75) is 52.2 Å². The number of amides is 1. The second kappa shape index (κ2) is 9.94. The minimum Gasteiger partial charge on any atom is -0.463 e. The van der Waals surface area contributed by atoms with Gasteiger partial charge < -0.3 is 20.5 Å². The molecule has 22 heavy (non-hydrogen) atoms. The average molecular weight is 314 g/mol. The summed E-state index contributed by atoms with van der Waals surface area (Å²) in [6.07, 6.45) is 3.12. The number of carbonyl (C=O) groups is 3. The van der Waals surface area contributed by atoms with Crippen molar-refractivity contribution in [3.8, 4) is 0 Å². The first kappa shape index (κ1) is 20.1. The maximum absolute atomic E-state index is 12.0. The molecule has 0 spiro atoms. The van der Waals surface area contributed by atoms with Crippen LogP contribution in [0.5, 0.6) is 0 Å². The van der Waals surface area contributed by atoms with Gasteiger partial charge in [-0.3, -0.25) is 9.59 Å². The smallest absolute Gasteiger partial charge is 0.330 e. The van der Waals surface area contributed by atoms with Crippen LogP contribution >= 0.6 is 0 Å². The first-order valence-electron chi connectivity index (χ1n) is 7.23. The second-order valence-electron chi connectivity index (χ2n) is 5.65. The molecule has 0 aromatic rings. The fourth-order valence-corrected chi connectivity index (χ4v) is 1.52. The Kier molecular flexibility index (Phi) is 9.09. The number of hydrogen-bond acceptors (Lipinski definition) is 6. The van der Waals surface area contributed by atoms with Gasteiger partial charge in [-0.05, 0) is 34.1 Å². The van der Waals surface area contributed by atoms with Gasteiger partial charge in [-0.15, -0.1) is 0 Å². The van der Waals surface area contributed by atoms with E-state index in [1.54, 1.807) is 33.8 Å². The molecule has 0 saturated carbocycles. The maximum atomic E-state index is 12.0. The van der Waals surface area contributed by atoms with Gasteiger partial charge in [-0.25, -0.2) is 4.79 Å². The first-order valence-corrected chi connectivity index (χ1v) is 7.23. The van der Waals surface area contributed by atoms with E-state index in [0.29, 0.717) is 6.61 Å². The van der Waals surface area contributed by atoms with Crippen molar-refractivity contribution in [3.63, 3.8) is 0 Å². The van der Waals surface area contributed by atoms with Gasteiger partial charge in [-0.2, -0.15) is 0 Å². The molecule has 0 aliphatic carbocycles. The predicted molar refractivity (Wildman–Crippen MR) is 81.8 cm³/mol. The topological polar surface area (TPSA) is 108 Å². The molecule has 1 atom stereocenters. The summed E-state index contributed by atoms with van der Waals surface area (Å²) < 4.78 is 10.0. The Morgan fingerprint density at radius 3 is 2.41 bits per heavy atom. The van der Waals surface area contributed by atoms with Crippen molar-refractivity contribution in [2.75, 3.05) is 13.2 Å². The summed E-state index contributed by atoms with van der Waals surface area (Å²) in [5.74, 6) is -1.40. The fraction of sp³-hybridized carbons (Fsp3) is 0.667. The van der Waals surface area contributed by atoms with Gasteiger partial charge in [0.2, 0.25) is 5.91 Å². The van der Waals surface area contributed by atoms with E-state index < -0.39 is 29.5 Å². The third-order valence-corrected chi connectivity index (χ3v) is 2.39. The Balaban J connectivity index is 4.50. The molecule has 3 N–H and O–H groups in total. The molecule has 0 bridgehead atoms. The summed E-state index contributed by atoms with van der Waals surface area (Å²) >= 11 is 0. The Morgan fingerprint density at radius 1 is 1.27 bits per heavy atom. The van der Waals surface area contributed by atoms with Gasteiger partial charge in [-0.1, -0.05) is 6.08 Å². The van der Waals surface area contributed by atoms with Crippen LogP contribution in [0.3, 0.4) is 0 Å². The highest BCUT2D eigenvalue weighted by Gasteiger charge is 2.24. The monoisotopic (exact) mass is 314 g/mol. The lowest BCUT2D eigenvalue weighted by Gasteiger charge is -2.24. The average Bonchev–Trinajstić information content (AvgIpc) is 2.35. The highest BCUT2D eigenvalue weighted by atomic mass is 16.6. The SMILES string of the molecule is CCOC(=O)/C=C/CN[C@@H](CCC(N)=O)C(=O)OC(C)(C)C. The molecule has 0 fully saturated rings. The van der Waals surface area contributed by atoms with E-state index in [1.807, 2.05) is 0 Å². The Morgan fingerprint density at radius 2 is 1.91 bits per heavy atom. The summed E-state index contributed by atoms with van der Waals surface area (Å²) in [6, 6.07) is -0.668. The van der Waals surface area contributed by atoms with Crippen molar-refractivity contribution in [1.82, 2.24) is 5.32 Å². The molecule has 7 heteroatoms. The highest BCUT2D eigenvalue weighted by Crippen LogP contribution is 2.10. The maximum Gasteiger partial charge on any atom is 0.330 e. The molecule has 0 aliphatic rings. The summed E-state index contributed by atoms with van der Waals surface area (Å²) in [4.78, 5) is 34.1. The molecule has 0 aliphatic heterocycles. The molecule has 126 valence electrons. The second-order valence-corrected chi connectivity index (χ2v) is 5.65. The minimum absolute atomic E-state index is 0.0680. The van der Waals surface area contributed by atoms with E-state index in [2.05, 4.69) is 5.32 Å². The lowest BCUT2D eigenvalue weighted by Crippen LogP contribution is -2.42. The number of rotatable bonds is 9. The van der Waals surface area contributed by atoms with E-state index in [0.717, 1.165) is 0 Å². The van der Waals surface area contributed by atoms with Crippen molar-refractivity contribution in [3.05, 3.63) is 12.2 Å². The molecule has 0 aromatic carbocycles. The van der Waals surface area contributed by atoms with Crippen LogP contribution in [0.4, 0.5) is 0 Å². The van der Waals surface area contributed by atoms with E-state index in [-0.39, 0.29) is 19.4 Å². The summed E-state index contributed by atoms with van der Waals surface area (Å²) in [5.41, 5.74) is 4.48. The minimum atomic E-state index is -0.668. The third kappa shape index (κ3) is 10.8. The zero-order chi connectivity index (χ0) is 17.2. The number of hydrogen-bond donors (Lipinski definition) is 2. The lowest BCUT2D eigenvalue weighted by molar-refractivity contribution is -0.157. The highest BCUT2D eigenvalue weighted by molar-refractivity contribution is 5.82. The number of primary amides is 1. The predicted octanol–water partition coefficient (Wildman–Crippen LogP) is 0.671. The Hall–Kier alpha value is -1.89. The van der Waals surface area contributed by atoms with Crippen molar-refractivity contribution >= 4 is 17.8 Å². The molecule has 7 nitrogen and oxygen atoms in total. The number of nitrogens with two attached hydrogens (primary N) is 1. The first-order chi connectivity index (χ1) is 10.2. The van der Waals surface area contributed by atoms with E-state index >= 15 is 0 Å². The Labute approximate surface area is 131 Å². The molecule has 0 aromatic heterocycles. The van der Waals surface area contributed by atoms with Gasteiger partial charge in [0.1, 0.15) is 11.6 Å². The molecule has 0 heterocycles. The van der Waals surface area contributed by atoms with Crippen LogP contribution in [0.25, 0.3) is 0 Å². The molecule has 0 radical (unpaired) electrons. The molecular weight excluding hydrogens is 288 g/mol. The van der Waals surface area contributed by atoms with Crippen molar-refractivity contribution in [2.24, 2.45) is 5.73 Å². The zero-order valence-corrected chi connectivity index (χ0v) is 13.7. The summed E-state index contributed by atoms with van der Waals surface area (Å²) in [6.45, 7) is 7.56. The number of carbonyl (C=O) groups excluding carboxylic acids is 3. The van der Waals surface area contributed by atoms with Crippen LogP contribution in [0.2, 0.25) is 0 Å². The van der Waals surface area contributed by atoms with Gasteiger partial charge in [0.25, 0.3) is 0 Å². The molecule has 0 unspecified atom stereocenters. The quantitative estimate of drug-likeness (QED) is 0.478. The fourth-order valence-electron chi connectivity index (χ4n) is 1.52. The van der Waals surface area contributed by atoms with E-state index in [9.17, 15) is 14.4 Å². The lowest BCUT2D eigenvalue weighted by atomic mass is 10.1. The van der Waals surface area contributed by atoms with Crippen LogP contribution in [0.1, 0.15) is 40.5 Å². The number of ether oxygens (including phenoxy) is 2. The van der Waals surface area contributed by atoms with E-state index in [4.69, 9.17) is 15.2 Å². The third-order valence-electron chi connectivity index (χ3n) is 2.39. The number of nitrogens with one attached hydrogen (secondary N) is 1. The summed E-state index contributed by atoms with van der Waals surface area (Å²) in [7, 11) is 0. The van der Waals surface area contributed by atoms with Gasteiger partial charge in [0.05, 0.1) is 6.61 Å². The van der Waals surface area contributed by atoms with Crippen LogP contribution < -0.4 is 11.1 Å². The largest absolute Gasteiger partial charge is 0.463 e. The molecule has 0 saturated heterocycles. The summed E-state index contributed by atoms with van der Waals surface area (Å²) in [5, 5.41) is 2.92. The molecule has 0 rings (SSSR count). The molecule has 1 amide bonds. The van der Waals surface area contributed by atoms with Gasteiger partial charge in [0, 0.05) is 19.0 Å². The normalized spacial score (nSPS) is 12.9. The standard InChI is InChI=1S/C15H26N2O5/c1-5-21-13(19)7-6-10-17-11(8-9-12(16)18)14(20)22-15(2,3)4/h6-7,11,17H,5,8-10H2,1-4H3,(H2,16,18)/b7-6+/t11-/m0/s1. The Bertz CT molecular complexity index is 413. The van der Waals surface area contributed by atoms with Crippen molar-refractivity contribution in [1.29, 1.82) is 0 Å². The van der Waals surface area contributed by atoms with Crippen LogP contribution in [-0.4, -0.2) is 42.6 Å². The van der Waals surface area contributed by atoms with Gasteiger partial charge in [0.15, 0.2) is 0 Å². The van der Waals surface area contributed by atoms with Gasteiger partial charge >= 0.3 is 11.9 Å². The van der Waals surface area contributed by atoms with Crippen LogP contribution in [-0.2, 0) is 23.9 Å². The van der Waals surface area contributed by atoms with E-state index in [1.165, 1.54) is 6.08 Å². The van der Waals surface area contributed by atoms with Crippen molar-refractivity contribution < 1.29 is 23.9 Å².